The summed E-state index contributed by atoms with van der Waals surface area (Å²) in [4.78, 5) is 30.5. The van der Waals surface area contributed by atoms with E-state index < -0.39 is 23.5 Å². The van der Waals surface area contributed by atoms with Gasteiger partial charge in [-0.3, -0.25) is 9.59 Å². The van der Waals surface area contributed by atoms with E-state index in [9.17, 15) is 9.59 Å². The van der Waals surface area contributed by atoms with Gasteiger partial charge < -0.3 is 14.2 Å². The highest BCUT2D eigenvalue weighted by atomic mass is 32.1. The van der Waals surface area contributed by atoms with Gasteiger partial charge in [-0.05, 0) is 51.2 Å². The SMILES string of the molecule is C=CCC(OC(=O)[C@H]1CCC(=O)C(C)(C)[C@H]1OC1CCCCO1)/C(C)=C/c1csc(C)n1. The lowest BCUT2D eigenvalue weighted by Crippen LogP contribution is -2.52. The summed E-state index contributed by atoms with van der Waals surface area (Å²) in [7, 11) is 0. The minimum atomic E-state index is -0.778. The zero-order valence-corrected chi connectivity index (χ0v) is 20.4. The number of aromatic nitrogens is 1. The maximum Gasteiger partial charge on any atom is 0.312 e. The number of carbonyl (C=O) groups is 2. The second-order valence-electron chi connectivity index (χ2n) is 9.27. The maximum atomic E-state index is 13.4. The van der Waals surface area contributed by atoms with Crippen molar-refractivity contribution < 1.29 is 23.8 Å². The van der Waals surface area contributed by atoms with E-state index in [1.54, 1.807) is 17.4 Å². The third-order valence-electron chi connectivity index (χ3n) is 6.38. The van der Waals surface area contributed by atoms with Gasteiger partial charge in [0.2, 0.25) is 0 Å². The Bertz CT molecular complexity index is 852. The molecule has 1 saturated carbocycles. The molecule has 32 heavy (non-hydrogen) atoms. The molecule has 7 heteroatoms. The quantitative estimate of drug-likeness (QED) is 0.388. The van der Waals surface area contributed by atoms with Crippen LogP contribution in [0.2, 0.25) is 0 Å². The second kappa shape index (κ2) is 10.9. The van der Waals surface area contributed by atoms with Crippen LogP contribution in [-0.4, -0.2) is 41.8 Å². The van der Waals surface area contributed by atoms with Crippen molar-refractivity contribution in [1.82, 2.24) is 4.98 Å². The molecule has 0 bridgehead atoms. The molecule has 1 aliphatic heterocycles. The molecule has 0 amide bonds. The number of Topliss-reactive ketones (excluding diaryl/α,β-unsaturated/α-hetero) is 1. The molecule has 0 N–H and O–H groups in total. The highest BCUT2D eigenvalue weighted by molar-refractivity contribution is 7.09. The van der Waals surface area contributed by atoms with Gasteiger partial charge in [-0.25, -0.2) is 4.98 Å². The molecule has 1 aliphatic carbocycles. The van der Waals surface area contributed by atoms with Crippen molar-refractivity contribution in [2.45, 2.75) is 84.7 Å². The number of hydrogen-bond acceptors (Lipinski definition) is 7. The van der Waals surface area contributed by atoms with E-state index >= 15 is 0 Å². The second-order valence-corrected chi connectivity index (χ2v) is 10.3. The fourth-order valence-electron chi connectivity index (χ4n) is 4.39. The number of ether oxygens (including phenoxy) is 3. The van der Waals surface area contributed by atoms with Crippen LogP contribution in [0.5, 0.6) is 0 Å². The monoisotopic (exact) mass is 461 g/mol. The first kappa shape index (κ1) is 24.8. The average Bonchev–Trinajstić information content (AvgIpc) is 3.16. The van der Waals surface area contributed by atoms with E-state index in [4.69, 9.17) is 14.2 Å². The van der Waals surface area contributed by atoms with E-state index in [-0.39, 0.29) is 18.0 Å². The predicted molar refractivity (Wildman–Crippen MR) is 125 cm³/mol. The van der Waals surface area contributed by atoms with Crippen molar-refractivity contribution in [1.29, 1.82) is 0 Å². The molecule has 2 aliphatic rings. The van der Waals surface area contributed by atoms with Gasteiger partial charge in [-0.1, -0.05) is 19.9 Å². The van der Waals surface area contributed by atoms with Gasteiger partial charge in [0.25, 0.3) is 0 Å². The number of ketones is 1. The van der Waals surface area contributed by atoms with Crippen LogP contribution < -0.4 is 0 Å². The van der Waals surface area contributed by atoms with Crippen LogP contribution in [0.25, 0.3) is 6.08 Å². The molecule has 0 spiro atoms. The maximum absolute atomic E-state index is 13.4. The molecular formula is C25H35NO5S. The Morgan fingerprint density at radius 1 is 1.41 bits per heavy atom. The lowest BCUT2D eigenvalue weighted by molar-refractivity contribution is -0.228. The summed E-state index contributed by atoms with van der Waals surface area (Å²) in [5.41, 5.74) is 0.984. The zero-order valence-electron chi connectivity index (χ0n) is 19.6. The Morgan fingerprint density at radius 3 is 2.81 bits per heavy atom. The Morgan fingerprint density at radius 2 is 2.19 bits per heavy atom. The van der Waals surface area contributed by atoms with Crippen LogP contribution >= 0.6 is 11.3 Å². The van der Waals surface area contributed by atoms with Gasteiger partial charge in [-0.15, -0.1) is 17.9 Å². The lowest BCUT2D eigenvalue weighted by Gasteiger charge is -2.43. The Hall–Kier alpha value is -1.83. The van der Waals surface area contributed by atoms with Gasteiger partial charge in [0.05, 0.1) is 28.1 Å². The van der Waals surface area contributed by atoms with Crippen molar-refractivity contribution in [2.75, 3.05) is 6.61 Å². The van der Waals surface area contributed by atoms with E-state index in [2.05, 4.69) is 11.6 Å². The topological polar surface area (TPSA) is 74.7 Å². The summed E-state index contributed by atoms with van der Waals surface area (Å²) < 4.78 is 18.0. The predicted octanol–water partition coefficient (Wildman–Crippen LogP) is 5.26. The van der Waals surface area contributed by atoms with E-state index in [0.717, 1.165) is 35.5 Å². The third kappa shape index (κ3) is 5.94. The molecule has 4 atom stereocenters. The number of esters is 1. The van der Waals surface area contributed by atoms with Crippen molar-refractivity contribution in [3.63, 3.8) is 0 Å². The van der Waals surface area contributed by atoms with Gasteiger partial charge in [0.15, 0.2) is 6.29 Å². The van der Waals surface area contributed by atoms with Crippen LogP contribution in [0.4, 0.5) is 0 Å². The van der Waals surface area contributed by atoms with Gasteiger partial charge >= 0.3 is 5.97 Å². The smallest absolute Gasteiger partial charge is 0.312 e. The van der Waals surface area contributed by atoms with Gasteiger partial charge in [0, 0.05) is 24.8 Å². The summed E-state index contributed by atoms with van der Waals surface area (Å²) in [6, 6.07) is 0. The molecule has 1 aromatic rings. The molecule has 176 valence electrons. The number of hydrogen-bond donors (Lipinski definition) is 0. The molecule has 2 unspecified atom stereocenters. The summed E-state index contributed by atoms with van der Waals surface area (Å²) >= 11 is 1.58. The third-order valence-corrected chi connectivity index (χ3v) is 7.17. The van der Waals surface area contributed by atoms with Crippen LogP contribution in [0, 0.1) is 18.3 Å². The summed E-state index contributed by atoms with van der Waals surface area (Å²) in [6.07, 6.45) is 6.37. The molecule has 0 radical (unpaired) electrons. The molecule has 2 fully saturated rings. The van der Waals surface area contributed by atoms with Gasteiger partial charge in [0.1, 0.15) is 11.9 Å². The van der Waals surface area contributed by atoms with Gasteiger partial charge in [-0.2, -0.15) is 0 Å². The Kier molecular flexibility index (Phi) is 8.42. The van der Waals surface area contributed by atoms with E-state index in [1.165, 1.54) is 0 Å². The average molecular weight is 462 g/mol. The number of aryl methyl sites for hydroxylation is 1. The Balaban J connectivity index is 1.77. The first-order valence-electron chi connectivity index (χ1n) is 11.4. The highest BCUT2D eigenvalue weighted by Crippen LogP contribution is 2.41. The number of carbonyl (C=O) groups excluding carboxylic acids is 2. The largest absolute Gasteiger partial charge is 0.457 e. The van der Waals surface area contributed by atoms with Crippen LogP contribution in [0.1, 0.15) is 70.0 Å². The number of rotatable bonds is 8. The highest BCUT2D eigenvalue weighted by Gasteiger charge is 2.50. The van der Waals surface area contributed by atoms with Crippen molar-refractivity contribution in [3.8, 4) is 0 Å². The number of nitrogens with zero attached hydrogens (tertiary/aromatic N) is 1. The normalized spacial score (nSPS) is 27.1. The van der Waals surface area contributed by atoms with Crippen LogP contribution in [0.3, 0.4) is 0 Å². The summed E-state index contributed by atoms with van der Waals surface area (Å²) in [5.74, 6) is -0.740. The van der Waals surface area contributed by atoms with Crippen molar-refractivity contribution in [2.24, 2.45) is 11.3 Å². The summed E-state index contributed by atoms with van der Waals surface area (Å²) in [6.45, 7) is 12.1. The summed E-state index contributed by atoms with van der Waals surface area (Å²) in [5, 5.41) is 2.97. The minimum absolute atomic E-state index is 0.111. The molecule has 0 aromatic carbocycles. The Labute approximate surface area is 195 Å². The molecule has 1 saturated heterocycles. The standard InChI is InChI=1S/C25H35NO5S/c1-6-9-20(16(2)14-18-15-32-17(3)26-18)30-24(28)19-11-12-21(27)25(4,5)23(19)31-22-10-7-8-13-29-22/h6,14-15,19-20,22-23H,1,7-13H2,2-5H3/b16-14+/t19-,20?,22?,23-/m0/s1. The van der Waals surface area contributed by atoms with E-state index in [1.807, 2.05) is 39.2 Å². The van der Waals surface area contributed by atoms with Crippen LogP contribution in [-0.2, 0) is 23.8 Å². The zero-order chi connectivity index (χ0) is 23.3. The van der Waals surface area contributed by atoms with E-state index in [0.29, 0.717) is 25.9 Å². The van der Waals surface area contributed by atoms with Crippen LogP contribution in [0.15, 0.2) is 23.6 Å². The first-order valence-corrected chi connectivity index (χ1v) is 12.3. The van der Waals surface area contributed by atoms with Crippen molar-refractivity contribution >= 4 is 29.2 Å². The molecule has 2 heterocycles. The molecule has 6 nitrogen and oxygen atoms in total. The molecule has 1 aromatic heterocycles. The molecule has 3 rings (SSSR count). The number of thiazole rings is 1. The van der Waals surface area contributed by atoms with Crippen molar-refractivity contribution in [3.05, 3.63) is 34.3 Å². The fourth-order valence-corrected chi connectivity index (χ4v) is 4.96. The minimum Gasteiger partial charge on any atom is -0.457 e. The lowest BCUT2D eigenvalue weighted by atomic mass is 9.68. The molecular weight excluding hydrogens is 426 g/mol. The fraction of sp³-hybridized carbons (Fsp3) is 0.640. The first-order chi connectivity index (χ1) is 15.2.